The van der Waals surface area contributed by atoms with E-state index in [9.17, 15) is 9.59 Å². The summed E-state index contributed by atoms with van der Waals surface area (Å²) in [4.78, 5) is 24.0. The second-order valence-corrected chi connectivity index (χ2v) is 4.36. The van der Waals surface area contributed by atoms with Gasteiger partial charge in [-0.05, 0) is 26.0 Å². The quantitative estimate of drug-likeness (QED) is 0.721. The fourth-order valence-corrected chi connectivity index (χ4v) is 2.11. The number of carbonyl (C=O) groups excluding carboxylic acids is 1. The Morgan fingerprint density at radius 3 is 2.56 bits per heavy atom. The highest BCUT2D eigenvalue weighted by Gasteiger charge is 2.18. The zero-order chi connectivity index (χ0) is 13.4. The first-order chi connectivity index (χ1) is 8.47. The van der Waals surface area contributed by atoms with Gasteiger partial charge < -0.3 is 9.30 Å². The first kappa shape index (κ1) is 12.4. The number of aromatic nitrogens is 1. The zero-order valence-electron chi connectivity index (χ0n) is 10.9. The van der Waals surface area contributed by atoms with Gasteiger partial charge in [0.1, 0.15) is 5.56 Å². The number of hydrogen-bond acceptors (Lipinski definition) is 3. The van der Waals surface area contributed by atoms with Crippen LogP contribution in [0.4, 0.5) is 0 Å². The Bertz CT molecular complexity index is 698. The SMILES string of the molecule is COC(=O)c1c(C)n(C)c2ccc(C)cc2c1=O. The largest absolute Gasteiger partial charge is 0.465 e. The number of nitrogens with zero attached hydrogens (tertiary/aromatic N) is 1. The Morgan fingerprint density at radius 1 is 1.28 bits per heavy atom. The van der Waals surface area contributed by atoms with Crippen LogP contribution < -0.4 is 5.43 Å². The number of esters is 1. The maximum atomic E-state index is 12.3. The molecular formula is C14H15NO3. The predicted molar refractivity (Wildman–Crippen MR) is 70.0 cm³/mol. The van der Waals surface area contributed by atoms with E-state index >= 15 is 0 Å². The van der Waals surface area contributed by atoms with Crippen molar-refractivity contribution in [3.8, 4) is 0 Å². The molecule has 1 aromatic heterocycles. The van der Waals surface area contributed by atoms with Crippen LogP contribution in [0.1, 0.15) is 21.6 Å². The standard InChI is InChI=1S/C14H15NO3/c1-8-5-6-11-10(7-8)13(16)12(14(17)18-4)9(2)15(11)3/h5-7H,1-4H3. The number of fused-ring (bicyclic) bond motifs is 1. The van der Waals surface area contributed by atoms with Crippen LogP contribution in [-0.4, -0.2) is 17.6 Å². The highest BCUT2D eigenvalue weighted by Crippen LogP contribution is 2.16. The van der Waals surface area contributed by atoms with Crippen molar-refractivity contribution in [2.75, 3.05) is 7.11 Å². The Hall–Kier alpha value is -2.10. The highest BCUT2D eigenvalue weighted by molar-refractivity contribution is 5.95. The summed E-state index contributed by atoms with van der Waals surface area (Å²) in [5.74, 6) is -0.587. The van der Waals surface area contributed by atoms with E-state index in [-0.39, 0.29) is 11.0 Å². The van der Waals surface area contributed by atoms with Gasteiger partial charge in [0.15, 0.2) is 0 Å². The highest BCUT2D eigenvalue weighted by atomic mass is 16.5. The van der Waals surface area contributed by atoms with Crippen LogP contribution >= 0.6 is 0 Å². The van der Waals surface area contributed by atoms with Gasteiger partial charge >= 0.3 is 5.97 Å². The second-order valence-electron chi connectivity index (χ2n) is 4.36. The number of hydrogen-bond donors (Lipinski definition) is 0. The number of pyridine rings is 1. The number of benzene rings is 1. The van der Waals surface area contributed by atoms with Crippen LogP contribution in [0.3, 0.4) is 0 Å². The minimum atomic E-state index is -0.587. The molecule has 1 aromatic carbocycles. The van der Waals surface area contributed by atoms with Crippen LogP contribution in [-0.2, 0) is 11.8 Å². The van der Waals surface area contributed by atoms with Gasteiger partial charge in [-0.15, -0.1) is 0 Å². The number of carbonyl (C=O) groups is 1. The molecule has 2 aromatic rings. The average Bonchev–Trinajstić information content (AvgIpc) is 2.36. The lowest BCUT2D eigenvalue weighted by Gasteiger charge is -2.13. The summed E-state index contributed by atoms with van der Waals surface area (Å²) in [6.07, 6.45) is 0. The minimum absolute atomic E-state index is 0.109. The molecule has 0 N–H and O–H groups in total. The van der Waals surface area contributed by atoms with Crippen LogP contribution in [0.15, 0.2) is 23.0 Å². The molecule has 0 fully saturated rings. The molecule has 0 aliphatic rings. The van der Waals surface area contributed by atoms with Crippen molar-refractivity contribution in [3.05, 3.63) is 45.2 Å². The molecule has 2 rings (SSSR count). The normalized spacial score (nSPS) is 10.7. The summed E-state index contributed by atoms with van der Waals surface area (Å²) < 4.78 is 6.52. The molecule has 18 heavy (non-hydrogen) atoms. The molecule has 0 saturated carbocycles. The van der Waals surface area contributed by atoms with Crippen molar-refractivity contribution in [1.29, 1.82) is 0 Å². The number of rotatable bonds is 1. The molecule has 4 nitrogen and oxygen atoms in total. The fraction of sp³-hybridized carbons (Fsp3) is 0.286. The van der Waals surface area contributed by atoms with Crippen LogP contribution in [0.5, 0.6) is 0 Å². The van der Waals surface area contributed by atoms with Gasteiger partial charge in [-0.3, -0.25) is 4.79 Å². The summed E-state index contributed by atoms with van der Waals surface area (Å²) in [5, 5.41) is 0.545. The summed E-state index contributed by atoms with van der Waals surface area (Å²) in [5.41, 5.74) is 2.26. The molecule has 0 atom stereocenters. The van der Waals surface area contributed by atoms with Gasteiger partial charge in [0.05, 0.1) is 12.6 Å². The molecule has 0 aliphatic heterocycles. The van der Waals surface area contributed by atoms with Gasteiger partial charge in [-0.25, -0.2) is 4.79 Å². The number of aryl methyl sites for hydroxylation is 2. The van der Waals surface area contributed by atoms with Crippen LogP contribution in [0, 0.1) is 13.8 Å². The van der Waals surface area contributed by atoms with Crippen molar-refractivity contribution in [3.63, 3.8) is 0 Å². The first-order valence-electron chi connectivity index (χ1n) is 5.65. The molecule has 0 amide bonds. The molecule has 0 bridgehead atoms. The fourth-order valence-electron chi connectivity index (χ4n) is 2.11. The van der Waals surface area contributed by atoms with Gasteiger partial charge in [0, 0.05) is 18.1 Å². The minimum Gasteiger partial charge on any atom is -0.465 e. The first-order valence-corrected chi connectivity index (χ1v) is 5.65. The Kier molecular flexibility index (Phi) is 2.95. The van der Waals surface area contributed by atoms with E-state index in [1.54, 1.807) is 13.0 Å². The monoisotopic (exact) mass is 245 g/mol. The molecule has 0 spiro atoms. The van der Waals surface area contributed by atoms with E-state index in [0.29, 0.717) is 11.1 Å². The summed E-state index contributed by atoms with van der Waals surface area (Å²) in [7, 11) is 3.11. The second kappa shape index (κ2) is 4.29. The summed E-state index contributed by atoms with van der Waals surface area (Å²) in [6, 6.07) is 5.63. The predicted octanol–water partition coefficient (Wildman–Crippen LogP) is 1.94. The van der Waals surface area contributed by atoms with Crippen molar-refractivity contribution in [2.24, 2.45) is 7.05 Å². The third kappa shape index (κ3) is 1.70. The topological polar surface area (TPSA) is 48.3 Å². The molecule has 0 saturated heterocycles. The molecular weight excluding hydrogens is 230 g/mol. The van der Waals surface area contributed by atoms with Gasteiger partial charge in [-0.2, -0.15) is 0 Å². The van der Waals surface area contributed by atoms with E-state index in [4.69, 9.17) is 0 Å². The van der Waals surface area contributed by atoms with E-state index < -0.39 is 5.97 Å². The van der Waals surface area contributed by atoms with Gasteiger partial charge in [0.2, 0.25) is 5.43 Å². The maximum absolute atomic E-state index is 12.3. The third-order valence-electron chi connectivity index (χ3n) is 3.24. The molecule has 0 radical (unpaired) electrons. The molecule has 4 heteroatoms. The van der Waals surface area contributed by atoms with Crippen LogP contribution in [0.25, 0.3) is 10.9 Å². The van der Waals surface area contributed by atoms with Crippen molar-refractivity contribution in [1.82, 2.24) is 4.57 Å². The molecule has 94 valence electrons. The van der Waals surface area contributed by atoms with Crippen LogP contribution in [0.2, 0.25) is 0 Å². The van der Waals surface area contributed by atoms with E-state index in [2.05, 4.69) is 4.74 Å². The van der Waals surface area contributed by atoms with E-state index in [1.807, 2.05) is 30.7 Å². The summed E-state index contributed by atoms with van der Waals surface area (Å²) in [6.45, 7) is 3.66. The Balaban J connectivity index is 2.98. The van der Waals surface area contributed by atoms with Gasteiger partial charge in [0.25, 0.3) is 0 Å². The Labute approximate surface area is 105 Å². The Morgan fingerprint density at radius 2 is 1.94 bits per heavy atom. The molecule has 0 unspecified atom stereocenters. The summed E-state index contributed by atoms with van der Waals surface area (Å²) >= 11 is 0. The smallest absolute Gasteiger partial charge is 0.343 e. The lowest BCUT2D eigenvalue weighted by Crippen LogP contribution is -2.22. The van der Waals surface area contributed by atoms with Crippen molar-refractivity contribution in [2.45, 2.75) is 13.8 Å². The lowest BCUT2D eigenvalue weighted by molar-refractivity contribution is 0.0597. The van der Waals surface area contributed by atoms with Crippen molar-refractivity contribution >= 4 is 16.9 Å². The number of ether oxygens (including phenoxy) is 1. The molecule has 1 heterocycles. The third-order valence-corrected chi connectivity index (χ3v) is 3.24. The van der Waals surface area contributed by atoms with E-state index in [0.717, 1.165) is 11.1 Å². The molecule has 0 aliphatic carbocycles. The lowest BCUT2D eigenvalue weighted by atomic mass is 10.1. The van der Waals surface area contributed by atoms with E-state index in [1.165, 1.54) is 7.11 Å². The maximum Gasteiger partial charge on any atom is 0.343 e. The average molecular weight is 245 g/mol. The van der Waals surface area contributed by atoms with Crippen molar-refractivity contribution < 1.29 is 9.53 Å². The zero-order valence-corrected chi connectivity index (χ0v) is 10.9. The number of methoxy groups -OCH3 is 1. The van der Waals surface area contributed by atoms with Gasteiger partial charge in [-0.1, -0.05) is 11.6 Å².